The van der Waals surface area contributed by atoms with Gasteiger partial charge in [0.2, 0.25) is 5.91 Å². The lowest BCUT2D eigenvalue weighted by molar-refractivity contribution is -0.121. The van der Waals surface area contributed by atoms with Crippen LogP contribution < -0.4 is 16.4 Å². The van der Waals surface area contributed by atoms with E-state index in [2.05, 4.69) is 15.6 Å². The molecule has 6 heteroatoms. The number of benzene rings is 1. The zero-order valence-electron chi connectivity index (χ0n) is 15.6. The molecule has 26 heavy (non-hydrogen) atoms. The summed E-state index contributed by atoms with van der Waals surface area (Å²) in [5, 5.41) is 6.47. The molecule has 0 bridgehead atoms. The van der Waals surface area contributed by atoms with Gasteiger partial charge in [-0.25, -0.2) is 4.39 Å². The Morgan fingerprint density at radius 3 is 2.58 bits per heavy atom. The summed E-state index contributed by atoms with van der Waals surface area (Å²) in [7, 11) is 1.71. The number of guanidine groups is 1. The molecule has 0 spiro atoms. The van der Waals surface area contributed by atoms with Gasteiger partial charge in [-0.2, -0.15) is 0 Å². The molecule has 2 rings (SSSR count). The Hall–Kier alpha value is -2.11. The number of hydrogen-bond donors (Lipinski definition) is 3. The highest BCUT2D eigenvalue weighted by atomic mass is 19.1. The summed E-state index contributed by atoms with van der Waals surface area (Å²) in [5.74, 6) is 0.532. The Morgan fingerprint density at radius 2 is 1.96 bits per heavy atom. The number of carbonyl (C=O) groups is 1. The Morgan fingerprint density at radius 1 is 1.27 bits per heavy atom. The van der Waals surface area contributed by atoms with Gasteiger partial charge in [-0.05, 0) is 42.9 Å². The van der Waals surface area contributed by atoms with Crippen molar-refractivity contribution in [2.45, 2.75) is 44.9 Å². The summed E-state index contributed by atoms with van der Waals surface area (Å²) in [6.45, 7) is 1.27. The van der Waals surface area contributed by atoms with Crippen molar-refractivity contribution < 1.29 is 9.18 Å². The minimum atomic E-state index is -0.377. The quantitative estimate of drug-likeness (QED) is 0.359. The van der Waals surface area contributed by atoms with Gasteiger partial charge in [-0.15, -0.1) is 0 Å². The average molecular weight is 362 g/mol. The summed E-state index contributed by atoms with van der Waals surface area (Å²) >= 11 is 0. The van der Waals surface area contributed by atoms with Gasteiger partial charge in [0.05, 0.1) is 5.92 Å². The van der Waals surface area contributed by atoms with Gasteiger partial charge in [0.25, 0.3) is 0 Å². The molecule has 0 aromatic heterocycles. The van der Waals surface area contributed by atoms with Crippen molar-refractivity contribution in [1.29, 1.82) is 0 Å². The highest BCUT2D eigenvalue weighted by molar-refractivity contribution is 5.81. The number of aliphatic imine (C=N–C) groups is 1. The molecule has 1 aromatic carbocycles. The first-order valence-corrected chi connectivity index (χ1v) is 9.56. The van der Waals surface area contributed by atoms with E-state index >= 15 is 0 Å². The molecule has 1 amide bonds. The molecule has 4 N–H and O–H groups in total. The van der Waals surface area contributed by atoms with Gasteiger partial charge in [-0.3, -0.25) is 9.79 Å². The molecule has 1 unspecified atom stereocenters. The largest absolute Gasteiger partial charge is 0.369 e. The van der Waals surface area contributed by atoms with Gasteiger partial charge < -0.3 is 16.4 Å². The molecule has 5 nitrogen and oxygen atoms in total. The topological polar surface area (TPSA) is 79.5 Å². The third-order valence-electron chi connectivity index (χ3n) is 5.09. The lowest BCUT2D eigenvalue weighted by Crippen LogP contribution is -2.43. The number of nitrogens with two attached hydrogens (primary N) is 1. The molecule has 0 aliphatic heterocycles. The normalized spacial score (nSPS) is 16.5. The van der Waals surface area contributed by atoms with Crippen LogP contribution in [0.3, 0.4) is 0 Å². The van der Waals surface area contributed by atoms with Crippen LogP contribution >= 0.6 is 0 Å². The van der Waals surface area contributed by atoms with Crippen LogP contribution in [0.4, 0.5) is 4.39 Å². The smallest absolute Gasteiger partial charge is 0.222 e. The van der Waals surface area contributed by atoms with E-state index in [-0.39, 0.29) is 17.6 Å². The minimum absolute atomic E-state index is 0.287. The number of amides is 1. The van der Waals surface area contributed by atoms with Crippen LogP contribution in [0.2, 0.25) is 0 Å². The fourth-order valence-corrected chi connectivity index (χ4v) is 3.52. The summed E-state index contributed by atoms with van der Waals surface area (Å²) in [5.41, 5.74) is 6.41. The Kier molecular flexibility index (Phi) is 8.38. The predicted molar refractivity (Wildman–Crippen MR) is 103 cm³/mol. The molecule has 0 heterocycles. The number of rotatable bonds is 9. The van der Waals surface area contributed by atoms with Crippen molar-refractivity contribution in [3.8, 4) is 0 Å². The van der Waals surface area contributed by atoms with Crippen molar-refractivity contribution in [3.05, 3.63) is 35.6 Å². The molecule has 1 aliphatic carbocycles. The number of primary amides is 1. The van der Waals surface area contributed by atoms with E-state index in [4.69, 9.17) is 5.73 Å². The maximum absolute atomic E-state index is 13.0. The second-order valence-corrected chi connectivity index (χ2v) is 7.10. The lowest BCUT2D eigenvalue weighted by atomic mass is 9.98. The molecule has 144 valence electrons. The fraction of sp³-hybridized carbons (Fsp3) is 0.600. The first-order chi connectivity index (χ1) is 12.6. The summed E-state index contributed by atoms with van der Waals surface area (Å²) < 4.78 is 13.0. The summed E-state index contributed by atoms with van der Waals surface area (Å²) in [6, 6.07) is 6.15. The van der Waals surface area contributed by atoms with Gasteiger partial charge >= 0.3 is 0 Å². The van der Waals surface area contributed by atoms with Gasteiger partial charge in [0.15, 0.2) is 5.96 Å². The first kappa shape index (κ1) is 20.2. The van der Waals surface area contributed by atoms with E-state index in [9.17, 15) is 9.18 Å². The maximum atomic E-state index is 13.0. The van der Waals surface area contributed by atoms with Gasteiger partial charge in [-0.1, -0.05) is 37.8 Å². The van der Waals surface area contributed by atoms with Crippen LogP contribution in [0.15, 0.2) is 29.3 Å². The standard InChI is InChI=1S/C20H31FN4O/c1-23-20(24-12-4-7-15-5-2-3-6-15)25-14-17(19(22)26)13-16-8-10-18(21)11-9-16/h8-11,15,17H,2-7,12-14H2,1H3,(H2,22,26)(H2,23,24,25). The average Bonchev–Trinajstić information content (AvgIpc) is 3.15. The van der Waals surface area contributed by atoms with E-state index in [1.165, 1.54) is 44.2 Å². The van der Waals surface area contributed by atoms with Crippen molar-refractivity contribution in [1.82, 2.24) is 10.6 Å². The summed E-state index contributed by atoms with van der Waals surface area (Å²) in [4.78, 5) is 15.9. The highest BCUT2D eigenvalue weighted by Crippen LogP contribution is 2.28. The van der Waals surface area contributed by atoms with E-state index in [1.54, 1.807) is 19.2 Å². The monoisotopic (exact) mass is 362 g/mol. The maximum Gasteiger partial charge on any atom is 0.222 e. The lowest BCUT2D eigenvalue weighted by Gasteiger charge is -2.17. The molecule has 1 saturated carbocycles. The number of hydrogen-bond acceptors (Lipinski definition) is 2. The summed E-state index contributed by atoms with van der Waals surface area (Å²) in [6.07, 6.45) is 8.36. The third kappa shape index (κ3) is 7.02. The highest BCUT2D eigenvalue weighted by Gasteiger charge is 2.17. The SMILES string of the molecule is CN=C(NCCCC1CCCC1)NCC(Cc1ccc(F)cc1)C(N)=O. The number of halogens is 1. The molecular formula is C20H31FN4O. The second kappa shape index (κ2) is 10.8. The van der Waals surface area contributed by atoms with Crippen LogP contribution in [-0.2, 0) is 11.2 Å². The number of nitrogens with zero attached hydrogens (tertiary/aromatic N) is 1. The van der Waals surface area contributed by atoms with Crippen LogP contribution in [0.1, 0.15) is 44.1 Å². The zero-order chi connectivity index (χ0) is 18.8. The molecule has 0 radical (unpaired) electrons. The fourth-order valence-electron chi connectivity index (χ4n) is 3.52. The first-order valence-electron chi connectivity index (χ1n) is 9.56. The second-order valence-electron chi connectivity index (χ2n) is 7.10. The van der Waals surface area contributed by atoms with E-state index in [1.807, 2.05) is 0 Å². The Labute approximate surface area is 155 Å². The zero-order valence-corrected chi connectivity index (χ0v) is 15.6. The number of nitrogens with one attached hydrogen (secondary N) is 2. The molecule has 1 atom stereocenters. The van der Waals surface area contributed by atoms with Crippen LogP contribution in [0.5, 0.6) is 0 Å². The van der Waals surface area contributed by atoms with Crippen molar-refractivity contribution in [2.24, 2.45) is 22.6 Å². The van der Waals surface area contributed by atoms with E-state index in [0.29, 0.717) is 18.9 Å². The van der Waals surface area contributed by atoms with Gasteiger partial charge in [0, 0.05) is 20.1 Å². The molecule has 0 saturated heterocycles. The molecule has 1 aliphatic rings. The Bertz CT molecular complexity index is 582. The van der Waals surface area contributed by atoms with Gasteiger partial charge in [0.1, 0.15) is 5.82 Å². The minimum Gasteiger partial charge on any atom is -0.369 e. The molecule has 1 aromatic rings. The van der Waals surface area contributed by atoms with Crippen molar-refractivity contribution in [3.63, 3.8) is 0 Å². The number of carbonyl (C=O) groups excluding carboxylic acids is 1. The molecular weight excluding hydrogens is 331 g/mol. The van der Waals surface area contributed by atoms with Crippen LogP contribution in [0.25, 0.3) is 0 Å². The third-order valence-corrected chi connectivity index (χ3v) is 5.09. The van der Waals surface area contributed by atoms with E-state index < -0.39 is 0 Å². The van der Waals surface area contributed by atoms with E-state index in [0.717, 1.165) is 24.4 Å². The van der Waals surface area contributed by atoms with Crippen LogP contribution in [-0.4, -0.2) is 32.0 Å². The van der Waals surface area contributed by atoms with Crippen LogP contribution in [0, 0.1) is 17.7 Å². The van der Waals surface area contributed by atoms with Crippen molar-refractivity contribution in [2.75, 3.05) is 20.1 Å². The van der Waals surface area contributed by atoms with Crippen molar-refractivity contribution >= 4 is 11.9 Å². The Balaban J connectivity index is 1.72. The predicted octanol–water partition coefficient (Wildman–Crippen LogP) is 2.61. The molecule has 1 fully saturated rings.